The van der Waals surface area contributed by atoms with Crippen LogP contribution in [-0.2, 0) is 0 Å². The molecule has 0 aliphatic rings. The Morgan fingerprint density at radius 1 is 1.50 bits per heavy atom. The van der Waals surface area contributed by atoms with E-state index in [9.17, 15) is 0 Å². The summed E-state index contributed by atoms with van der Waals surface area (Å²) in [6.45, 7) is 2.07. The van der Waals surface area contributed by atoms with Gasteiger partial charge in [-0.15, -0.1) is 0 Å². The fourth-order valence-corrected chi connectivity index (χ4v) is 1.96. The number of aromatic nitrogens is 1. The molecule has 2 aromatic rings. The molecule has 0 fully saturated rings. The number of benzene rings is 1. The second kappa shape index (κ2) is 3.64. The Bertz CT molecular complexity index is 447. The Balaban J connectivity index is 2.67. The summed E-state index contributed by atoms with van der Waals surface area (Å²) in [4.78, 5) is 3.18. The summed E-state index contributed by atoms with van der Waals surface area (Å²) in [5, 5.41) is 1.83. The number of nitrogens with two attached hydrogens (primary N) is 1. The van der Waals surface area contributed by atoms with Crippen molar-refractivity contribution < 1.29 is 0 Å². The third-order valence-electron chi connectivity index (χ3n) is 2.52. The minimum Gasteiger partial charge on any atom is -0.361 e. The Morgan fingerprint density at radius 3 is 3.00 bits per heavy atom. The van der Waals surface area contributed by atoms with E-state index in [0.29, 0.717) is 0 Å². The minimum atomic E-state index is 0.0589. The van der Waals surface area contributed by atoms with E-state index >= 15 is 0 Å². The van der Waals surface area contributed by atoms with Gasteiger partial charge in [0.2, 0.25) is 0 Å². The molecular weight excluding hydrogens is 196 g/mol. The first kappa shape index (κ1) is 9.56. The SMILES string of the molecule is CCC(N)c1c[nH]c2cccc(Cl)c12. The van der Waals surface area contributed by atoms with Gasteiger partial charge in [0.15, 0.2) is 0 Å². The van der Waals surface area contributed by atoms with Crippen molar-refractivity contribution in [3.63, 3.8) is 0 Å². The predicted octanol–water partition coefficient (Wildman–Crippen LogP) is 3.23. The molecule has 0 spiro atoms. The van der Waals surface area contributed by atoms with E-state index in [1.807, 2.05) is 24.4 Å². The van der Waals surface area contributed by atoms with Gasteiger partial charge in [0, 0.05) is 23.1 Å². The van der Waals surface area contributed by atoms with Crippen LogP contribution in [0.3, 0.4) is 0 Å². The number of halogens is 1. The van der Waals surface area contributed by atoms with Crippen LogP contribution in [-0.4, -0.2) is 4.98 Å². The predicted molar refractivity (Wildman–Crippen MR) is 60.5 cm³/mol. The second-order valence-corrected chi connectivity index (χ2v) is 3.83. The monoisotopic (exact) mass is 208 g/mol. The molecule has 0 radical (unpaired) electrons. The van der Waals surface area contributed by atoms with Gasteiger partial charge in [-0.05, 0) is 24.1 Å². The van der Waals surface area contributed by atoms with Gasteiger partial charge in [-0.25, -0.2) is 0 Å². The first-order valence-electron chi connectivity index (χ1n) is 4.75. The maximum Gasteiger partial charge on any atom is 0.0503 e. The Kier molecular flexibility index (Phi) is 2.48. The lowest BCUT2D eigenvalue weighted by Gasteiger charge is -2.07. The Hall–Kier alpha value is -0.990. The molecule has 2 nitrogen and oxygen atoms in total. The summed E-state index contributed by atoms with van der Waals surface area (Å²) in [7, 11) is 0. The van der Waals surface area contributed by atoms with Gasteiger partial charge in [0.05, 0.1) is 5.02 Å². The standard InChI is InChI=1S/C11H13ClN2/c1-2-9(13)7-6-14-10-5-3-4-8(12)11(7)10/h3-6,9,14H,2,13H2,1H3. The molecule has 74 valence electrons. The van der Waals surface area contributed by atoms with Crippen molar-refractivity contribution in [2.45, 2.75) is 19.4 Å². The summed E-state index contributed by atoms with van der Waals surface area (Å²) in [6, 6.07) is 5.89. The van der Waals surface area contributed by atoms with E-state index in [-0.39, 0.29) is 6.04 Å². The number of H-pyrrole nitrogens is 1. The maximum absolute atomic E-state index is 6.13. The first-order valence-corrected chi connectivity index (χ1v) is 5.13. The first-order chi connectivity index (χ1) is 6.74. The normalized spacial score (nSPS) is 13.4. The van der Waals surface area contributed by atoms with Gasteiger partial charge < -0.3 is 10.7 Å². The van der Waals surface area contributed by atoms with Crippen LogP contribution in [0.5, 0.6) is 0 Å². The van der Waals surface area contributed by atoms with E-state index in [1.54, 1.807) is 0 Å². The lowest BCUT2D eigenvalue weighted by molar-refractivity contribution is 0.704. The van der Waals surface area contributed by atoms with Crippen molar-refractivity contribution in [3.05, 3.63) is 35.0 Å². The number of rotatable bonds is 2. The number of fused-ring (bicyclic) bond motifs is 1. The van der Waals surface area contributed by atoms with Gasteiger partial charge in [0.25, 0.3) is 0 Å². The van der Waals surface area contributed by atoms with Crippen molar-refractivity contribution in [1.82, 2.24) is 4.98 Å². The molecule has 3 heteroatoms. The average molecular weight is 209 g/mol. The molecule has 0 bridgehead atoms. The lowest BCUT2D eigenvalue weighted by atomic mass is 10.0. The smallest absolute Gasteiger partial charge is 0.0503 e. The van der Waals surface area contributed by atoms with Gasteiger partial charge in [-0.2, -0.15) is 0 Å². The van der Waals surface area contributed by atoms with E-state index < -0.39 is 0 Å². The van der Waals surface area contributed by atoms with Gasteiger partial charge in [-0.3, -0.25) is 0 Å². The molecule has 0 aliphatic heterocycles. The summed E-state index contributed by atoms with van der Waals surface area (Å²) < 4.78 is 0. The quantitative estimate of drug-likeness (QED) is 0.782. The molecule has 3 N–H and O–H groups in total. The third-order valence-corrected chi connectivity index (χ3v) is 2.84. The summed E-state index contributed by atoms with van der Waals surface area (Å²) in [6.07, 6.45) is 2.86. The third kappa shape index (κ3) is 1.41. The minimum absolute atomic E-state index is 0.0589. The highest BCUT2D eigenvalue weighted by Crippen LogP contribution is 2.30. The van der Waals surface area contributed by atoms with Gasteiger partial charge >= 0.3 is 0 Å². The van der Waals surface area contributed by atoms with Gasteiger partial charge in [0.1, 0.15) is 0 Å². The molecule has 1 aromatic carbocycles. The number of nitrogens with one attached hydrogen (secondary N) is 1. The van der Waals surface area contributed by atoms with E-state index in [0.717, 1.165) is 27.9 Å². The highest BCUT2D eigenvalue weighted by molar-refractivity contribution is 6.35. The van der Waals surface area contributed by atoms with Crippen LogP contribution in [0.25, 0.3) is 10.9 Å². The van der Waals surface area contributed by atoms with E-state index in [4.69, 9.17) is 17.3 Å². The summed E-state index contributed by atoms with van der Waals surface area (Å²) >= 11 is 6.13. The molecule has 1 heterocycles. The second-order valence-electron chi connectivity index (χ2n) is 3.42. The van der Waals surface area contributed by atoms with E-state index in [2.05, 4.69) is 11.9 Å². The fourth-order valence-electron chi connectivity index (χ4n) is 1.68. The largest absolute Gasteiger partial charge is 0.361 e. The molecule has 0 amide bonds. The Morgan fingerprint density at radius 2 is 2.29 bits per heavy atom. The van der Waals surface area contributed by atoms with Crippen LogP contribution in [0.4, 0.5) is 0 Å². The van der Waals surface area contributed by atoms with Crippen molar-refractivity contribution in [2.75, 3.05) is 0 Å². The van der Waals surface area contributed by atoms with Crippen molar-refractivity contribution in [1.29, 1.82) is 0 Å². The molecule has 1 aromatic heterocycles. The number of hydrogen-bond donors (Lipinski definition) is 2. The molecule has 1 unspecified atom stereocenters. The molecule has 2 rings (SSSR count). The Labute approximate surface area is 88.1 Å². The van der Waals surface area contributed by atoms with Crippen LogP contribution < -0.4 is 5.73 Å². The zero-order valence-electron chi connectivity index (χ0n) is 8.05. The van der Waals surface area contributed by atoms with Crippen LogP contribution in [0.2, 0.25) is 5.02 Å². The maximum atomic E-state index is 6.13. The van der Waals surface area contributed by atoms with Crippen molar-refractivity contribution in [3.8, 4) is 0 Å². The highest BCUT2D eigenvalue weighted by atomic mass is 35.5. The zero-order valence-corrected chi connectivity index (χ0v) is 8.81. The van der Waals surface area contributed by atoms with Crippen LogP contribution >= 0.6 is 11.6 Å². The molecule has 0 aliphatic carbocycles. The van der Waals surface area contributed by atoms with E-state index in [1.165, 1.54) is 0 Å². The van der Waals surface area contributed by atoms with Crippen LogP contribution in [0, 0.1) is 0 Å². The summed E-state index contributed by atoms with van der Waals surface area (Å²) in [5.74, 6) is 0. The topological polar surface area (TPSA) is 41.8 Å². The number of aromatic amines is 1. The molecule has 14 heavy (non-hydrogen) atoms. The average Bonchev–Trinajstić information content (AvgIpc) is 2.62. The zero-order chi connectivity index (χ0) is 10.1. The van der Waals surface area contributed by atoms with Crippen molar-refractivity contribution in [2.24, 2.45) is 5.73 Å². The lowest BCUT2D eigenvalue weighted by Crippen LogP contribution is -2.07. The van der Waals surface area contributed by atoms with Crippen molar-refractivity contribution >= 4 is 22.5 Å². The number of hydrogen-bond acceptors (Lipinski definition) is 1. The van der Waals surface area contributed by atoms with Gasteiger partial charge in [-0.1, -0.05) is 24.6 Å². The fraction of sp³-hybridized carbons (Fsp3) is 0.273. The van der Waals surface area contributed by atoms with Crippen LogP contribution in [0.1, 0.15) is 24.9 Å². The molecule has 0 saturated heterocycles. The molecule has 1 atom stereocenters. The molecular formula is C11H13ClN2. The summed E-state index contributed by atoms with van der Waals surface area (Å²) in [5.41, 5.74) is 8.15. The molecule has 0 saturated carbocycles. The van der Waals surface area contributed by atoms with Crippen LogP contribution in [0.15, 0.2) is 24.4 Å². The highest BCUT2D eigenvalue weighted by Gasteiger charge is 2.11.